The molecular formula is C18H19ClN2O7S. The molecule has 0 radical (unpaired) electrons. The van der Waals surface area contributed by atoms with Gasteiger partial charge >= 0.3 is 5.97 Å². The van der Waals surface area contributed by atoms with E-state index in [4.69, 9.17) is 25.9 Å². The molecular weight excluding hydrogens is 424 g/mol. The number of ether oxygens (including phenoxy) is 2. The minimum Gasteiger partial charge on any atom is -0.497 e. The molecule has 0 saturated carbocycles. The van der Waals surface area contributed by atoms with E-state index in [1.165, 1.54) is 52.6 Å². The second-order valence-electron chi connectivity index (χ2n) is 5.60. The number of nitrogens with zero attached hydrogens (tertiary/aromatic N) is 1. The van der Waals surface area contributed by atoms with Crippen LogP contribution in [0.4, 0.5) is 5.69 Å². The molecule has 29 heavy (non-hydrogen) atoms. The van der Waals surface area contributed by atoms with Gasteiger partial charge in [0.15, 0.2) is 0 Å². The molecule has 0 bridgehead atoms. The Hall–Kier alpha value is -2.66. The van der Waals surface area contributed by atoms with Crippen LogP contribution in [0.1, 0.15) is 20.7 Å². The molecule has 2 aromatic carbocycles. The van der Waals surface area contributed by atoms with Crippen molar-refractivity contribution in [2.75, 3.05) is 33.7 Å². The Morgan fingerprint density at radius 2 is 1.76 bits per heavy atom. The number of halogens is 1. The van der Waals surface area contributed by atoms with Gasteiger partial charge in [0.05, 0.1) is 37.6 Å². The zero-order valence-electron chi connectivity index (χ0n) is 16.1. The van der Waals surface area contributed by atoms with Crippen LogP contribution in [-0.2, 0) is 19.6 Å². The molecule has 0 aliphatic heterocycles. The summed E-state index contributed by atoms with van der Waals surface area (Å²) >= 11 is 6.00. The third-order valence-corrected chi connectivity index (χ3v) is 6.11. The lowest BCUT2D eigenvalue weighted by molar-refractivity contribution is -0.0258. The van der Waals surface area contributed by atoms with Crippen molar-refractivity contribution in [2.24, 2.45) is 0 Å². The molecule has 0 saturated heterocycles. The van der Waals surface area contributed by atoms with Gasteiger partial charge in [-0.05, 0) is 36.4 Å². The predicted octanol–water partition coefficient (Wildman–Crippen LogP) is 2.57. The molecule has 9 nitrogen and oxygen atoms in total. The minimum absolute atomic E-state index is 0.00381. The molecule has 0 spiro atoms. The monoisotopic (exact) mass is 442 g/mol. The standard InChI is InChI=1S/C18H19ClN2O7S/c1-21(28-4)29(24,25)16-9-11(5-7-14(16)19)17(22)20-15-8-6-12(26-2)10-13(15)18(23)27-3/h5-10H,1-4H3,(H,20,22). The summed E-state index contributed by atoms with van der Waals surface area (Å²) in [5.74, 6) is -0.945. The summed E-state index contributed by atoms with van der Waals surface area (Å²) in [7, 11) is 0.935. The van der Waals surface area contributed by atoms with Gasteiger partial charge in [0.1, 0.15) is 10.6 Å². The summed E-state index contributed by atoms with van der Waals surface area (Å²) in [6, 6.07) is 8.17. The van der Waals surface area contributed by atoms with Gasteiger partial charge in [0.2, 0.25) is 0 Å². The van der Waals surface area contributed by atoms with Crippen LogP contribution in [0, 0.1) is 0 Å². The minimum atomic E-state index is -4.07. The average Bonchev–Trinajstić information content (AvgIpc) is 2.72. The first-order chi connectivity index (χ1) is 13.6. The first kappa shape index (κ1) is 22.6. The van der Waals surface area contributed by atoms with E-state index in [2.05, 4.69) is 5.32 Å². The van der Waals surface area contributed by atoms with Crippen LogP contribution in [0.5, 0.6) is 5.75 Å². The summed E-state index contributed by atoms with van der Waals surface area (Å²) in [5.41, 5.74) is 0.237. The Bertz CT molecular complexity index is 1040. The molecule has 0 aliphatic rings. The predicted molar refractivity (Wildman–Crippen MR) is 106 cm³/mol. The van der Waals surface area contributed by atoms with Gasteiger partial charge in [-0.15, -0.1) is 0 Å². The number of nitrogens with one attached hydrogen (secondary N) is 1. The van der Waals surface area contributed by atoms with E-state index in [0.717, 1.165) is 6.07 Å². The Morgan fingerprint density at radius 1 is 1.07 bits per heavy atom. The largest absolute Gasteiger partial charge is 0.497 e. The maximum Gasteiger partial charge on any atom is 0.340 e. The van der Waals surface area contributed by atoms with Crippen LogP contribution in [0.3, 0.4) is 0 Å². The van der Waals surface area contributed by atoms with Gasteiger partial charge in [-0.1, -0.05) is 16.1 Å². The second-order valence-corrected chi connectivity index (χ2v) is 7.91. The highest BCUT2D eigenvalue weighted by atomic mass is 35.5. The zero-order chi connectivity index (χ0) is 21.8. The van der Waals surface area contributed by atoms with E-state index in [-0.39, 0.29) is 26.7 Å². The Labute approximate surface area is 173 Å². The van der Waals surface area contributed by atoms with E-state index in [1.54, 1.807) is 6.07 Å². The van der Waals surface area contributed by atoms with Gasteiger partial charge in [0, 0.05) is 12.6 Å². The highest BCUT2D eigenvalue weighted by Crippen LogP contribution is 2.27. The van der Waals surface area contributed by atoms with Gasteiger partial charge in [0.25, 0.3) is 15.9 Å². The molecule has 0 aromatic heterocycles. The molecule has 1 N–H and O–H groups in total. The van der Waals surface area contributed by atoms with Crippen molar-refractivity contribution in [3.05, 3.63) is 52.5 Å². The number of amides is 1. The number of sulfonamides is 1. The summed E-state index contributed by atoms with van der Waals surface area (Å²) in [6.45, 7) is 0. The third-order valence-electron chi connectivity index (χ3n) is 3.95. The lowest BCUT2D eigenvalue weighted by Gasteiger charge is -2.16. The third kappa shape index (κ3) is 4.85. The number of benzene rings is 2. The molecule has 0 heterocycles. The van der Waals surface area contributed by atoms with E-state index in [0.29, 0.717) is 10.2 Å². The van der Waals surface area contributed by atoms with Crippen LogP contribution in [0.25, 0.3) is 0 Å². The normalized spacial score (nSPS) is 11.2. The molecule has 1 amide bonds. The Kier molecular flexibility index (Phi) is 7.20. The molecule has 0 aliphatic carbocycles. The Balaban J connectivity index is 2.43. The number of carbonyl (C=O) groups excluding carboxylic acids is 2. The number of hydroxylamine groups is 1. The zero-order valence-corrected chi connectivity index (χ0v) is 17.6. The summed E-state index contributed by atoms with van der Waals surface area (Å²) in [5, 5.41) is 2.48. The maximum atomic E-state index is 12.7. The number of methoxy groups -OCH3 is 2. The van der Waals surface area contributed by atoms with Crippen LogP contribution in [0.15, 0.2) is 41.3 Å². The quantitative estimate of drug-likeness (QED) is 0.518. The van der Waals surface area contributed by atoms with Crippen LogP contribution in [0.2, 0.25) is 5.02 Å². The molecule has 0 unspecified atom stereocenters. The van der Waals surface area contributed by atoms with Crippen LogP contribution < -0.4 is 10.1 Å². The molecule has 11 heteroatoms. The number of anilines is 1. The van der Waals surface area contributed by atoms with Crippen molar-refractivity contribution in [3.8, 4) is 5.75 Å². The number of rotatable bonds is 7. The number of esters is 1. The first-order valence-electron chi connectivity index (χ1n) is 8.06. The smallest absolute Gasteiger partial charge is 0.340 e. The maximum absolute atomic E-state index is 12.7. The molecule has 2 rings (SSSR count). The van der Waals surface area contributed by atoms with Gasteiger partial charge < -0.3 is 14.8 Å². The lowest BCUT2D eigenvalue weighted by Crippen LogP contribution is -2.26. The first-order valence-corrected chi connectivity index (χ1v) is 9.87. The van der Waals surface area contributed by atoms with Crippen molar-refractivity contribution in [3.63, 3.8) is 0 Å². The molecule has 2 aromatic rings. The van der Waals surface area contributed by atoms with Crippen molar-refractivity contribution in [1.29, 1.82) is 0 Å². The molecule has 0 fully saturated rings. The van der Waals surface area contributed by atoms with Crippen molar-refractivity contribution in [2.45, 2.75) is 4.90 Å². The van der Waals surface area contributed by atoms with E-state index in [1.807, 2.05) is 0 Å². The summed E-state index contributed by atoms with van der Waals surface area (Å²) in [4.78, 5) is 29.1. The lowest BCUT2D eigenvalue weighted by atomic mass is 10.1. The summed E-state index contributed by atoms with van der Waals surface area (Å²) < 4.78 is 35.4. The fourth-order valence-electron chi connectivity index (χ4n) is 2.31. The number of hydrogen-bond acceptors (Lipinski definition) is 7. The highest BCUT2D eigenvalue weighted by molar-refractivity contribution is 7.89. The second kappa shape index (κ2) is 9.23. The van der Waals surface area contributed by atoms with Crippen molar-refractivity contribution in [1.82, 2.24) is 4.47 Å². The van der Waals surface area contributed by atoms with Crippen LogP contribution >= 0.6 is 11.6 Å². The average molecular weight is 443 g/mol. The highest BCUT2D eigenvalue weighted by Gasteiger charge is 2.25. The van der Waals surface area contributed by atoms with Crippen molar-refractivity contribution >= 4 is 39.2 Å². The molecule has 0 atom stereocenters. The van der Waals surface area contributed by atoms with E-state index in [9.17, 15) is 18.0 Å². The fourth-order valence-corrected chi connectivity index (χ4v) is 3.79. The number of hydrogen-bond donors (Lipinski definition) is 1. The Morgan fingerprint density at radius 3 is 2.34 bits per heavy atom. The fraction of sp³-hybridized carbons (Fsp3) is 0.222. The van der Waals surface area contributed by atoms with Crippen molar-refractivity contribution < 1.29 is 32.3 Å². The van der Waals surface area contributed by atoms with E-state index < -0.39 is 21.9 Å². The molecule has 156 valence electrons. The topological polar surface area (TPSA) is 111 Å². The summed E-state index contributed by atoms with van der Waals surface area (Å²) in [6.07, 6.45) is 0. The SMILES string of the molecule is COC(=O)c1cc(OC)ccc1NC(=O)c1ccc(Cl)c(S(=O)(=O)N(C)OC)c1. The van der Waals surface area contributed by atoms with E-state index >= 15 is 0 Å². The van der Waals surface area contributed by atoms with Gasteiger partial charge in [-0.25, -0.2) is 13.2 Å². The van der Waals surface area contributed by atoms with Gasteiger partial charge in [-0.2, -0.15) is 0 Å². The number of carbonyl (C=O) groups is 2. The van der Waals surface area contributed by atoms with Gasteiger partial charge in [-0.3, -0.25) is 9.63 Å². The van der Waals surface area contributed by atoms with Crippen LogP contribution in [-0.4, -0.2) is 53.1 Å².